The first-order chi connectivity index (χ1) is 7.68. The number of rotatable bonds is 2. The maximum absolute atomic E-state index is 12.5. The molecule has 3 nitrogen and oxygen atoms in total. The number of nitrogens with zero attached hydrogens (tertiary/aromatic N) is 1. The minimum Gasteiger partial charge on any atom is -0.337 e. The summed E-state index contributed by atoms with van der Waals surface area (Å²) in [5, 5.41) is 3.42. The highest BCUT2D eigenvalue weighted by Gasteiger charge is 2.41. The summed E-state index contributed by atoms with van der Waals surface area (Å²) < 4.78 is 0. The van der Waals surface area contributed by atoms with Gasteiger partial charge in [0.15, 0.2) is 0 Å². The van der Waals surface area contributed by atoms with E-state index in [9.17, 15) is 4.79 Å². The van der Waals surface area contributed by atoms with Crippen molar-refractivity contribution >= 4 is 5.91 Å². The van der Waals surface area contributed by atoms with Gasteiger partial charge in [-0.1, -0.05) is 18.6 Å². The van der Waals surface area contributed by atoms with Gasteiger partial charge in [0, 0.05) is 13.1 Å². The fourth-order valence-corrected chi connectivity index (χ4v) is 2.70. The van der Waals surface area contributed by atoms with Crippen LogP contribution < -0.4 is 5.32 Å². The molecule has 90 valence electrons. The molecule has 1 amide bonds. The van der Waals surface area contributed by atoms with Crippen molar-refractivity contribution in [1.82, 2.24) is 10.2 Å². The molecule has 0 saturated carbocycles. The summed E-state index contributed by atoms with van der Waals surface area (Å²) in [5.41, 5.74) is 1.16. The van der Waals surface area contributed by atoms with E-state index in [4.69, 9.17) is 0 Å². The van der Waals surface area contributed by atoms with E-state index >= 15 is 0 Å². The zero-order valence-electron chi connectivity index (χ0n) is 10.4. The molecule has 0 aromatic rings. The summed E-state index contributed by atoms with van der Waals surface area (Å²) in [6.45, 7) is 6.94. The number of hydrogen-bond acceptors (Lipinski definition) is 2. The van der Waals surface area contributed by atoms with Gasteiger partial charge in [-0.25, -0.2) is 0 Å². The Labute approximate surface area is 97.9 Å². The number of hydrogen-bond donors (Lipinski definition) is 1. The summed E-state index contributed by atoms with van der Waals surface area (Å²) in [6.07, 6.45) is 6.25. The Balaban J connectivity index is 2.06. The van der Waals surface area contributed by atoms with E-state index in [0.717, 1.165) is 45.3 Å². The molecule has 16 heavy (non-hydrogen) atoms. The van der Waals surface area contributed by atoms with Gasteiger partial charge in [0.25, 0.3) is 0 Å². The van der Waals surface area contributed by atoms with Crippen LogP contribution in [0.25, 0.3) is 0 Å². The van der Waals surface area contributed by atoms with Crippen molar-refractivity contribution in [2.45, 2.75) is 45.1 Å². The first-order valence-electron chi connectivity index (χ1n) is 6.38. The van der Waals surface area contributed by atoms with Crippen LogP contribution in [0.5, 0.6) is 0 Å². The summed E-state index contributed by atoms with van der Waals surface area (Å²) in [4.78, 5) is 14.5. The van der Waals surface area contributed by atoms with Crippen molar-refractivity contribution in [3.8, 4) is 0 Å². The van der Waals surface area contributed by atoms with Crippen LogP contribution in [-0.4, -0.2) is 36.0 Å². The molecule has 1 atom stereocenters. The lowest BCUT2D eigenvalue weighted by molar-refractivity contribution is -0.137. The first-order valence-corrected chi connectivity index (χ1v) is 6.38. The molecule has 0 aromatic heterocycles. The Hall–Kier alpha value is -0.830. The van der Waals surface area contributed by atoms with Gasteiger partial charge in [0.05, 0.1) is 5.54 Å². The monoisotopic (exact) mass is 222 g/mol. The van der Waals surface area contributed by atoms with Crippen molar-refractivity contribution in [2.75, 3.05) is 19.6 Å². The van der Waals surface area contributed by atoms with Crippen molar-refractivity contribution in [3.63, 3.8) is 0 Å². The molecule has 2 aliphatic heterocycles. The second-order valence-electron chi connectivity index (χ2n) is 5.02. The summed E-state index contributed by atoms with van der Waals surface area (Å²) in [7, 11) is 0. The lowest BCUT2D eigenvalue weighted by Crippen LogP contribution is -2.55. The van der Waals surface area contributed by atoms with Crippen molar-refractivity contribution < 1.29 is 4.79 Å². The van der Waals surface area contributed by atoms with E-state index < -0.39 is 0 Å². The van der Waals surface area contributed by atoms with E-state index in [-0.39, 0.29) is 5.54 Å². The van der Waals surface area contributed by atoms with E-state index in [0.29, 0.717) is 5.91 Å². The van der Waals surface area contributed by atoms with Crippen molar-refractivity contribution in [1.29, 1.82) is 0 Å². The van der Waals surface area contributed by atoms with E-state index in [1.54, 1.807) is 0 Å². The molecule has 1 fully saturated rings. The van der Waals surface area contributed by atoms with Crippen LogP contribution >= 0.6 is 0 Å². The van der Waals surface area contributed by atoms with Gasteiger partial charge < -0.3 is 10.2 Å². The fourth-order valence-electron chi connectivity index (χ4n) is 2.70. The second-order valence-corrected chi connectivity index (χ2v) is 5.02. The van der Waals surface area contributed by atoms with E-state index in [1.165, 1.54) is 5.57 Å². The molecule has 0 spiro atoms. The molecular weight excluding hydrogens is 200 g/mol. The lowest BCUT2D eigenvalue weighted by Gasteiger charge is -2.35. The van der Waals surface area contributed by atoms with Crippen LogP contribution in [0.3, 0.4) is 0 Å². The Morgan fingerprint density at radius 3 is 2.94 bits per heavy atom. The highest BCUT2D eigenvalue weighted by atomic mass is 16.2. The van der Waals surface area contributed by atoms with Gasteiger partial charge in [-0.2, -0.15) is 0 Å². The molecular formula is C13H22N2O. The quantitative estimate of drug-likeness (QED) is 0.721. The smallest absolute Gasteiger partial charge is 0.243 e. The van der Waals surface area contributed by atoms with E-state index in [1.807, 2.05) is 4.90 Å². The number of amides is 1. The molecule has 2 aliphatic rings. The van der Waals surface area contributed by atoms with Gasteiger partial charge in [0.1, 0.15) is 0 Å². The Bertz CT molecular complexity index is 303. The van der Waals surface area contributed by atoms with Gasteiger partial charge in [-0.3, -0.25) is 4.79 Å². The minimum atomic E-state index is -0.251. The number of carbonyl (C=O) groups excluding carboxylic acids is 1. The number of nitrogens with one attached hydrogen (secondary N) is 1. The zero-order chi connectivity index (χ0) is 11.6. The molecule has 2 rings (SSSR count). The third kappa shape index (κ3) is 2.01. The maximum Gasteiger partial charge on any atom is 0.243 e. The molecule has 0 radical (unpaired) electrons. The molecule has 1 N–H and O–H groups in total. The predicted octanol–water partition coefficient (Wildman–Crippen LogP) is 1.70. The second kappa shape index (κ2) is 4.58. The van der Waals surface area contributed by atoms with Crippen LogP contribution in [0.2, 0.25) is 0 Å². The predicted molar refractivity (Wildman–Crippen MR) is 65.2 cm³/mol. The Morgan fingerprint density at radius 1 is 1.62 bits per heavy atom. The summed E-state index contributed by atoms with van der Waals surface area (Å²) >= 11 is 0. The van der Waals surface area contributed by atoms with Gasteiger partial charge in [-0.05, 0) is 39.2 Å². The van der Waals surface area contributed by atoms with Crippen LogP contribution in [-0.2, 0) is 4.79 Å². The highest BCUT2D eigenvalue weighted by Crippen LogP contribution is 2.26. The molecule has 1 unspecified atom stereocenters. The molecule has 0 aliphatic carbocycles. The largest absolute Gasteiger partial charge is 0.337 e. The normalized spacial score (nSPS) is 30.4. The summed E-state index contributed by atoms with van der Waals surface area (Å²) in [6, 6.07) is 0. The molecule has 1 saturated heterocycles. The highest BCUT2D eigenvalue weighted by molar-refractivity contribution is 5.87. The average molecular weight is 222 g/mol. The Kier molecular flexibility index (Phi) is 3.33. The molecule has 2 heterocycles. The fraction of sp³-hybridized carbons (Fsp3) is 0.769. The minimum absolute atomic E-state index is 0.251. The molecule has 0 aromatic carbocycles. The topological polar surface area (TPSA) is 32.3 Å². The lowest BCUT2D eigenvalue weighted by atomic mass is 9.91. The standard InChI is InChI=1S/C13H22N2O/c1-3-13(7-4-8-14-13)12(16)15-9-5-11(2)6-10-15/h5,14H,3-4,6-10H2,1-2H3. The summed E-state index contributed by atoms with van der Waals surface area (Å²) in [5.74, 6) is 0.316. The van der Waals surface area contributed by atoms with Crippen LogP contribution in [0, 0.1) is 0 Å². The van der Waals surface area contributed by atoms with Crippen molar-refractivity contribution in [2.24, 2.45) is 0 Å². The van der Waals surface area contributed by atoms with Gasteiger partial charge >= 0.3 is 0 Å². The average Bonchev–Trinajstić information content (AvgIpc) is 2.79. The van der Waals surface area contributed by atoms with Crippen LogP contribution in [0.1, 0.15) is 39.5 Å². The third-order valence-electron chi connectivity index (χ3n) is 3.98. The van der Waals surface area contributed by atoms with Gasteiger partial charge in [-0.15, -0.1) is 0 Å². The van der Waals surface area contributed by atoms with Crippen LogP contribution in [0.4, 0.5) is 0 Å². The SMILES string of the molecule is CCC1(C(=O)N2CC=C(C)CC2)CCCN1. The van der Waals surface area contributed by atoms with Gasteiger partial charge in [0.2, 0.25) is 5.91 Å². The van der Waals surface area contributed by atoms with E-state index in [2.05, 4.69) is 25.2 Å². The van der Waals surface area contributed by atoms with Crippen LogP contribution in [0.15, 0.2) is 11.6 Å². The maximum atomic E-state index is 12.5. The van der Waals surface area contributed by atoms with Crippen molar-refractivity contribution in [3.05, 3.63) is 11.6 Å². The number of carbonyl (C=O) groups is 1. The molecule has 3 heteroatoms. The Morgan fingerprint density at radius 2 is 2.44 bits per heavy atom. The zero-order valence-corrected chi connectivity index (χ0v) is 10.4. The molecule has 0 bridgehead atoms. The third-order valence-corrected chi connectivity index (χ3v) is 3.98. The first kappa shape index (κ1) is 11.6.